The summed E-state index contributed by atoms with van der Waals surface area (Å²) in [4.78, 5) is 23.7. The predicted octanol–water partition coefficient (Wildman–Crippen LogP) is 1.11. The molecule has 6 nitrogen and oxygen atoms in total. The summed E-state index contributed by atoms with van der Waals surface area (Å²) >= 11 is 0. The number of nitrogens with zero attached hydrogens (tertiary/aromatic N) is 1. The molecule has 0 fully saturated rings. The average Bonchev–Trinajstić information content (AvgIpc) is 2.48. The Morgan fingerprint density at radius 2 is 1.95 bits per heavy atom. The molecule has 1 aromatic carbocycles. The number of benzene rings is 1. The van der Waals surface area contributed by atoms with Crippen LogP contribution >= 0.6 is 0 Å². The Morgan fingerprint density at radius 3 is 2.52 bits per heavy atom. The van der Waals surface area contributed by atoms with Gasteiger partial charge >= 0.3 is 11.9 Å². The van der Waals surface area contributed by atoms with Crippen LogP contribution in [0.1, 0.15) is 18.9 Å². The molecule has 0 atom stereocenters. The molecule has 3 amide bonds. The van der Waals surface area contributed by atoms with Crippen molar-refractivity contribution in [1.29, 1.82) is 0 Å². The van der Waals surface area contributed by atoms with E-state index in [4.69, 9.17) is 10.5 Å². The van der Waals surface area contributed by atoms with Crippen molar-refractivity contribution in [3.8, 4) is 5.75 Å². The normalized spacial score (nSPS) is 17.1. The number of imide groups is 1. The Hall–Kier alpha value is -2.63. The first kappa shape index (κ1) is 14.8. The summed E-state index contributed by atoms with van der Waals surface area (Å²) in [5.74, 6) is 0.423. The van der Waals surface area contributed by atoms with E-state index in [1.165, 1.54) is 4.58 Å². The molecule has 0 radical (unpaired) electrons. The van der Waals surface area contributed by atoms with Crippen molar-refractivity contribution in [2.75, 3.05) is 13.7 Å². The topological polar surface area (TPSA) is 84.4 Å². The van der Waals surface area contributed by atoms with Gasteiger partial charge in [-0.25, -0.2) is 10.1 Å². The summed E-state index contributed by atoms with van der Waals surface area (Å²) in [6.07, 6.45) is 2.40. The molecule has 1 aliphatic heterocycles. The van der Waals surface area contributed by atoms with E-state index < -0.39 is 11.9 Å². The second-order valence-electron chi connectivity index (χ2n) is 4.63. The number of rotatable bonds is 4. The number of hydrogen-bond acceptors (Lipinski definition) is 4. The summed E-state index contributed by atoms with van der Waals surface area (Å²) in [6.45, 7) is 2.40. The minimum Gasteiger partial charge on any atom is -0.497 e. The third-order valence-electron chi connectivity index (χ3n) is 3.15. The van der Waals surface area contributed by atoms with Crippen LogP contribution in [0.5, 0.6) is 5.75 Å². The van der Waals surface area contributed by atoms with Crippen LogP contribution in [0.25, 0.3) is 6.08 Å². The van der Waals surface area contributed by atoms with E-state index in [-0.39, 0.29) is 11.4 Å². The van der Waals surface area contributed by atoms with Gasteiger partial charge in [0.05, 0.1) is 13.7 Å². The molecule has 0 saturated carbocycles. The molecule has 0 aliphatic carbocycles. The standard InChI is InChI=1S/C15H17N3O3/c1-3-8-18-13(16)12(14(19)17-15(18)20)9-10-4-6-11(21-2)7-5-10/h4-7,9,16H,3,8H2,1-2H3,(H,17,19,20)/p+1/b12-9+. The molecule has 0 spiro atoms. The quantitative estimate of drug-likeness (QED) is 0.642. The van der Waals surface area contributed by atoms with E-state index in [1.807, 2.05) is 19.1 Å². The maximum absolute atomic E-state index is 11.9. The average molecular weight is 288 g/mol. The molecule has 0 saturated heterocycles. The highest BCUT2D eigenvalue weighted by atomic mass is 16.5. The Labute approximate surface area is 122 Å². The summed E-state index contributed by atoms with van der Waals surface area (Å²) in [5.41, 5.74) is 7.05. The number of urea groups is 1. The van der Waals surface area contributed by atoms with Crippen LogP contribution in [0.4, 0.5) is 4.79 Å². The van der Waals surface area contributed by atoms with Gasteiger partial charge in [-0.15, -0.1) is 0 Å². The van der Waals surface area contributed by atoms with Crippen molar-refractivity contribution in [1.82, 2.24) is 5.32 Å². The number of amidine groups is 1. The van der Waals surface area contributed by atoms with Crippen molar-refractivity contribution < 1.29 is 18.9 Å². The monoisotopic (exact) mass is 288 g/mol. The van der Waals surface area contributed by atoms with Crippen LogP contribution in [0.3, 0.4) is 0 Å². The first-order valence-electron chi connectivity index (χ1n) is 6.68. The predicted molar refractivity (Wildman–Crippen MR) is 79.1 cm³/mol. The van der Waals surface area contributed by atoms with Gasteiger partial charge in [-0.3, -0.25) is 4.79 Å². The van der Waals surface area contributed by atoms with E-state index in [9.17, 15) is 9.59 Å². The lowest BCUT2D eigenvalue weighted by Crippen LogP contribution is -2.51. The maximum Gasteiger partial charge on any atom is 0.443 e. The molecule has 1 aliphatic rings. The molecule has 0 unspecified atom stereocenters. The number of amides is 3. The van der Waals surface area contributed by atoms with Crippen LogP contribution < -0.4 is 15.8 Å². The third-order valence-corrected chi connectivity index (χ3v) is 3.15. The van der Waals surface area contributed by atoms with Crippen LogP contribution in [0.15, 0.2) is 29.8 Å². The minimum absolute atomic E-state index is 0.182. The molecule has 6 heteroatoms. The smallest absolute Gasteiger partial charge is 0.443 e. The summed E-state index contributed by atoms with van der Waals surface area (Å²) < 4.78 is 6.45. The largest absolute Gasteiger partial charge is 0.497 e. The second kappa shape index (κ2) is 6.21. The first-order chi connectivity index (χ1) is 10.1. The van der Waals surface area contributed by atoms with E-state index in [1.54, 1.807) is 25.3 Å². The van der Waals surface area contributed by atoms with Crippen LogP contribution in [-0.4, -0.2) is 36.0 Å². The Morgan fingerprint density at radius 1 is 1.29 bits per heavy atom. The van der Waals surface area contributed by atoms with Gasteiger partial charge in [-0.2, -0.15) is 4.58 Å². The van der Waals surface area contributed by atoms with Crippen molar-refractivity contribution in [3.63, 3.8) is 0 Å². The number of methoxy groups -OCH3 is 1. The zero-order valence-corrected chi connectivity index (χ0v) is 12.1. The second-order valence-corrected chi connectivity index (χ2v) is 4.63. The van der Waals surface area contributed by atoms with Crippen molar-refractivity contribution in [2.45, 2.75) is 13.3 Å². The van der Waals surface area contributed by atoms with Crippen LogP contribution in [-0.2, 0) is 4.79 Å². The fourth-order valence-electron chi connectivity index (χ4n) is 2.05. The SMILES string of the molecule is CCC[N+]1=C(N)/C(=C\c2ccc(OC)cc2)C(=O)NC1=O. The highest BCUT2D eigenvalue weighted by Crippen LogP contribution is 2.15. The third kappa shape index (κ3) is 3.10. The number of carbonyl (C=O) groups is 2. The van der Waals surface area contributed by atoms with Gasteiger partial charge in [0.15, 0.2) is 0 Å². The molecule has 3 N–H and O–H groups in total. The van der Waals surface area contributed by atoms with E-state index in [2.05, 4.69) is 5.32 Å². The summed E-state index contributed by atoms with van der Waals surface area (Å²) in [7, 11) is 1.59. The van der Waals surface area contributed by atoms with E-state index in [0.717, 1.165) is 17.7 Å². The molecule has 21 heavy (non-hydrogen) atoms. The number of carbonyl (C=O) groups excluding carboxylic acids is 2. The van der Waals surface area contributed by atoms with E-state index in [0.29, 0.717) is 6.54 Å². The van der Waals surface area contributed by atoms with Crippen molar-refractivity contribution >= 4 is 23.8 Å². The van der Waals surface area contributed by atoms with Gasteiger partial charge in [0.1, 0.15) is 11.3 Å². The van der Waals surface area contributed by atoms with Crippen molar-refractivity contribution in [3.05, 3.63) is 35.4 Å². The fourth-order valence-corrected chi connectivity index (χ4v) is 2.05. The molecule has 110 valence electrons. The molecule has 2 rings (SSSR count). The lowest BCUT2D eigenvalue weighted by molar-refractivity contribution is -0.430. The lowest BCUT2D eigenvalue weighted by atomic mass is 10.1. The highest BCUT2D eigenvalue weighted by Gasteiger charge is 2.33. The fraction of sp³-hybridized carbons (Fsp3) is 0.267. The Balaban J connectivity index is 2.41. The maximum atomic E-state index is 11.9. The van der Waals surface area contributed by atoms with Gasteiger partial charge in [-0.05, 0) is 30.2 Å². The minimum atomic E-state index is -0.485. The lowest BCUT2D eigenvalue weighted by Gasteiger charge is -2.15. The number of ether oxygens (including phenoxy) is 1. The molecule has 1 aromatic rings. The van der Waals surface area contributed by atoms with Gasteiger partial charge in [0.25, 0.3) is 0 Å². The molecule has 0 aromatic heterocycles. The van der Waals surface area contributed by atoms with Gasteiger partial charge in [0, 0.05) is 0 Å². The van der Waals surface area contributed by atoms with Gasteiger partial charge in [0.2, 0.25) is 5.84 Å². The summed E-state index contributed by atoms with van der Waals surface area (Å²) in [6, 6.07) is 6.72. The van der Waals surface area contributed by atoms with Gasteiger partial charge in [-0.1, -0.05) is 19.1 Å². The number of nitrogens with two attached hydrogens (primary N) is 1. The molecule has 0 bridgehead atoms. The number of nitrogens with one attached hydrogen (secondary N) is 1. The Kier molecular flexibility index (Phi) is 4.37. The molecular weight excluding hydrogens is 270 g/mol. The summed E-state index contributed by atoms with van der Waals surface area (Å²) in [5, 5.41) is 2.29. The first-order valence-corrected chi connectivity index (χ1v) is 6.68. The molecular formula is C15H18N3O3+. The van der Waals surface area contributed by atoms with Gasteiger partial charge < -0.3 is 10.5 Å². The zero-order chi connectivity index (χ0) is 15.4. The highest BCUT2D eigenvalue weighted by molar-refractivity contribution is 6.26. The van der Waals surface area contributed by atoms with Crippen LogP contribution in [0, 0.1) is 0 Å². The zero-order valence-electron chi connectivity index (χ0n) is 12.1. The number of hydrogen-bond donors (Lipinski definition) is 2. The van der Waals surface area contributed by atoms with E-state index >= 15 is 0 Å². The Bertz CT molecular complexity index is 630. The molecule has 1 heterocycles. The van der Waals surface area contributed by atoms with Crippen LogP contribution in [0.2, 0.25) is 0 Å². The van der Waals surface area contributed by atoms with Crippen molar-refractivity contribution in [2.24, 2.45) is 5.73 Å².